The number of carbonyl (C=O) groups excluding carboxylic acids is 1. The van der Waals surface area contributed by atoms with Crippen molar-refractivity contribution in [2.24, 2.45) is 10.1 Å². The number of carbonyl (C=O) groups is 1. The molecule has 0 spiro atoms. The minimum atomic E-state index is 0.000887. The number of benzene rings is 1. The fraction of sp³-hybridized carbons (Fsp3) is 0.438. The lowest BCUT2D eigenvalue weighted by atomic mass is 10.1. The monoisotopic (exact) mass is 301 g/mol. The Morgan fingerprint density at radius 1 is 1.41 bits per heavy atom. The number of nitrogens with one attached hydrogen (secondary N) is 3. The van der Waals surface area contributed by atoms with Gasteiger partial charge in [0.2, 0.25) is 11.9 Å². The van der Waals surface area contributed by atoms with Crippen molar-refractivity contribution in [3.8, 4) is 0 Å². The summed E-state index contributed by atoms with van der Waals surface area (Å²) >= 11 is 0. The minimum absolute atomic E-state index is 0.000887. The van der Waals surface area contributed by atoms with Crippen molar-refractivity contribution in [2.75, 3.05) is 6.54 Å². The molecule has 6 heteroatoms. The molecule has 2 rings (SSSR count). The molecule has 0 aliphatic carbocycles. The maximum atomic E-state index is 12.1. The smallest absolute Gasteiger partial charge is 0.222 e. The lowest BCUT2D eigenvalue weighted by molar-refractivity contribution is -0.122. The van der Waals surface area contributed by atoms with Gasteiger partial charge in [0.15, 0.2) is 0 Å². The Morgan fingerprint density at radius 3 is 2.82 bits per heavy atom. The maximum Gasteiger partial charge on any atom is 0.222 e. The molecule has 22 heavy (non-hydrogen) atoms. The van der Waals surface area contributed by atoms with Gasteiger partial charge in [-0.1, -0.05) is 30.3 Å². The van der Waals surface area contributed by atoms with Gasteiger partial charge in [0.1, 0.15) is 0 Å². The number of nitrogens with zero attached hydrogens (tertiary/aromatic N) is 2. The van der Waals surface area contributed by atoms with Crippen molar-refractivity contribution in [3.63, 3.8) is 0 Å². The Morgan fingerprint density at radius 2 is 2.14 bits per heavy atom. The summed E-state index contributed by atoms with van der Waals surface area (Å²) in [6, 6.07) is 9.94. The molecule has 118 valence electrons. The fourth-order valence-corrected chi connectivity index (χ4v) is 2.18. The third-order valence-electron chi connectivity index (χ3n) is 3.30. The van der Waals surface area contributed by atoms with Crippen molar-refractivity contribution < 1.29 is 4.79 Å². The molecule has 0 saturated carbocycles. The first-order valence-corrected chi connectivity index (χ1v) is 7.47. The van der Waals surface area contributed by atoms with Crippen molar-refractivity contribution in [1.82, 2.24) is 16.1 Å². The number of guanidine groups is 1. The number of hydrogen-bond acceptors (Lipinski definition) is 5. The highest BCUT2D eigenvalue weighted by Crippen LogP contribution is 2.11. The lowest BCUT2D eigenvalue weighted by Gasteiger charge is -2.16. The standard InChI is InChI=1S/C16H23N5O/c1-11(2)20-21-16-17-10-14(19-16)9-15(22)18-12(3)13-7-5-4-6-8-13/h4-8,12,14H,9-10H2,1-3H3,(H,18,22)(H2,17,19,21). The molecular formula is C16H23N5O. The van der Waals surface area contributed by atoms with Crippen LogP contribution in [0.25, 0.3) is 0 Å². The van der Waals surface area contributed by atoms with Gasteiger partial charge in [-0.25, -0.2) is 10.4 Å². The Kier molecular flexibility index (Phi) is 5.52. The largest absolute Gasteiger partial charge is 0.350 e. The molecule has 0 bridgehead atoms. The summed E-state index contributed by atoms with van der Waals surface area (Å²) in [5.74, 6) is 0.635. The van der Waals surface area contributed by atoms with Gasteiger partial charge in [0.05, 0.1) is 18.6 Å². The molecule has 0 saturated heterocycles. The first kappa shape index (κ1) is 16.0. The first-order chi connectivity index (χ1) is 10.5. The molecule has 1 aromatic carbocycles. The molecule has 1 amide bonds. The Labute approximate surface area is 131 Å². The van der Waals surface area contributed by atoms with E-state index in [0.29, 0.717) is 18.9 Å². The van der Waals surface area contributed by atoms with Crippen LogP contribution in [0.2, 0.25) is 0 Å². The third kappa shape index (κ3) is 4.87. The van der Waals surface area contributed by atoms with Gasteiger partial charge < -0.3 is 10.6 Å². The second kappa shape index (κ2) is 7.59. The number of hydrogen-bond donors (Lipinski definition) is 3. The quantitative estimate of drug-likeness (QED) is 0.570. The summed E-state index contributed by atoms with van der Waals surface area (Å²) in [4.78, 5) is 16.4. The topological polar surface area (TPSA) is 77.9 Å². The minimum Gasteiger partial charge on any atom is -0.350 e. The van der Waals surface area contributed by atoms with Crippen LogP contribution in [0.3, 0.4) is 0 Å². The van der Waals surface area contributed by atoms with Crippen LogP contribution in [0.15, 0.2) is 40.4 Å². The Bertz CT molecular complexity index is 563. The van der Waals surface area contributed by atoms with Crippen LogP contribution in [-0.2, 0) is 4.79 Å². The van der Waals surface area contributed by atoms with E-state index in [9.17, 15) is 4.79 Å². The van der Waals surface area contributed by atoms with Gasteiger partial charge >= 0.3 is 0 Å². The van der Waals surface area contributed by atoms with Crippen LogP contribution < -0.4 is 16.1 Å². The van der Waals surface area contributed by atoms with Crippen LogP contribution in [-0.4, -0.2) is 30.2 Å². The summed E-state index contributed by atoms with van der Waals surface area (Å²) in [5.41, 5.74) is 4.86. The van der Waals surface area contributed by atoms with Gasteiger partial charge in [-0.05, 0) is 26.3 Å². The van der Waals surface area contributed by atoms with E-state index in [-0.39, 0.29) is 18.0 Å². The number of aliphatic imine (C=N–C) groups is 1. The number of amides is 1. The van der Waals surface area contributed by atoms with Gasteiger partial charge in [-0.3, -0.25) is 4.79 Å². The average molecular weight is 301 g/mol. The summed E-state index contributed by atoms with van der Waals surface area (Å²) in [6.45, 7) is 6.36. The molecule has 1 heterocycles. The first-order valence-electron chi connectivity index (χ1n) is 7.47. The van der Waals surface area contributed by atoms with Crippen LogP contribution >= 0.6 is 0 Å². The zero-order chi connectivity index (χ0) is 15.9. The molecule has 6 nitrogen and oxygen atoms in total. The van der Waals surface area contributed by atoms with Crippen LogP contribution in [0.1, 0.15) is 38.8 Å². The molecule has 1 aliphatic heterocycles. The molecule has 1 aromatic rings. The van der Waals surface area contributed by atoms with E-state index in [1.54, 1.807) is 0 Å². The van der Waals surface area contributed by atoms with E-state index < -0.39 is 0 Å². The van der Waals surface area contributed by atoms with Gasteiger partial charge in [-0.2, -0.15) is 5.10 Å². The summed E-state index contributed by atoms with van der Waals surface area (Å²) in [6.07, 6.45) is 0.390. The molecule has 2 atom stereocenters. The highest BCUT2D eigenvalue weighted by Gasteiger charge is 2.21. The molecule has 0 aromatic heterocycles. The van der Waals surface area contributed by atoms with Crippen LogP contribution in [0.5, 0.6) is 0 Å². The average Bonchev–Trinajstić information content (AvgIpc) is 2.93. The van der Waals surface area contributed by atoms with E-state index in [0.717, 1.165) is 11.3 Å². The second-order valence-corrected chi connectivity index (χ2v) is 5.61. The lowest BCUT2D eigenvalue weighted by Crippen LogP contribution is -2.40. The normalized spacial score (nSPS) is 18.0. The molecule has 1 aliphatic rings. The SMILES string of the molecule is CC(C)=NNC1=NCC(CC(=O)NC(C)c2ccccc2)N1. The van der Waals surface area contributed by atoms with Gasteiger partial charge in [0, 0.05) is 12.1 Å². The van der Waals surface area contributed by atoms with E-state index in [4.69, 9.17) is 0 Å². The molecule has 3 N–H and O–H groups in total. The van der Waals surface area contributed by atoms with Crippen molar-refractivity contribution >= 4 is 17.6 Å². The second-order valence-electron chi connectivity index (χ2n) is 5.61. The molecule has 0 fully saturated rings. The van der Waals surface area contributed by atoms with Crippen molar-refractivity contribution in [2.45, 2.75) is 39.3 Å². The van der Waals surface area contributed by atoms with Crippen LogP contribution in [0, 0.1) is 0 Å². The highest BCUT2D eigenvalue weighted by atomic mass is 16.1. The van der Waals surface area contributed by atoms with E-state index in [1.165, 1.54) is 0 Å². The zero-order valence-electron chi connectivity index (χ0n) is 13.3. The molecular weight excluding hydrogens is 278 g/mol. The van der Waals surface area contributed by atoms with Gasteiger partial charge in [-0.15, -0.1) is 0 Å². The predicted molar refractivity (Wildman–Crippen MR) is 88.8 cm³/mol. The summed E-state index contributed by atoms with van der Waals surface area (Å²) in [7, 11) is 0. The number of hydrazone groups is 1. The molecule has 2 unspecified atom stereocenters. The van der Waals surface area contributed by atoms with Crippen molar-refractivity contribution in [3.05, 3.63) is 35.9 Å². The fourth-order valence-electron chi connectivity index (χ4n) is 2.18. The Hall–Kier alpha value is -2.37. The van der Waals surface area contributed by atoms with E-state index >= 15 is 0 Å². The maximum absolute atomic E-state index is 12.1. The van der Waals surface area contributed by atoms with Crippen LogP contribution in [0.4, 0.5) is 0 Å². The van der Waals surface area contributed by atoms with E-state index in [2.05, 4.69) is 26.2 Å². The third-order valence-corrected chi connectivity index (χ3v) is 3.30. The van der Waals surface area contributed by atoms with Gasteiger partial charge in [0.25, 0.3) is 0 Å². The predicted octanol–water partition coefficient (Wildman–Crippen LogP) is 1.57. The zero-order valence-corrected chi connectivity index (χ0v) is 13.3. The molecule has 0 radical (unpaired) electrons. The highest BCUT2D eigenvalue weighted by molar-refractivity contribution is 5.86. The Balaban J connectivity index is 1.76. The van der Waals surface area contributed by atoms with E-state index in [1.807, 2.05) is 51.1 Å². The summed E-state index contributed by atoms with van der Waals surface area (Å²) in [5, 5.41) is 10.3. The number of rotatable bonds is 5. The summed E-state index contributed by atoms with van der Waals surface area (Å²) < 4.78 is 0. The van der Waals surface area contributed by atoms with Crippen molar-refractivity contribution in [1.29, 1.82) is 0 Å².